The summed E-state index contributed by atoms with van der Waals surface area (Å²) in [5, 5.41) is 8.06. The maximum Gasteiger partial charge on any atom is 0.163 e. The minimum absolute atomic E-state index is 0.0799. The van der Waals surface area contributed by atoms with Crippen LogP contribution >= 0.6 is 0 Å². The van der Waals surface area contributed by atoms with E-state index in [1.807, 2.05) is 23.9 Å². The van der Waals surface area contributed by atoms with Crippen molar-refractivity contribution in [1.29, 1.82) is 0 Å². The molecule has 0 N–H and O–H groups in total. The summed E-state index contributed by atoms with van der Waals surface area (Å²) in [6.45, 7) is 6.39. The molecule has 1 atom stereocenters. The second kappa shape index (κ2) is 5.77. The Kier molecular flexibility index (Phi) is 3.83. The standard InChI is InChI=1S/C14H20N6O/c1-10(2)13-15-5-4-12(17-13)20-6-7-21-11(8-20)14-18-16-9-19(14)3/h4-5,9-11H,6-8H2,1-3H3/t11-/m0/s1. The van der Waals surface area contributed by atoms with E-state index in [1.165, 1.54) is 0 Å². The van der Waals surface area contributed by atoms with E-state index < -0.39 is 0 Å². The zero-order valence-corrected chi connectivity index (χ0v) is 12.6. The SMILES string of the molecule is CC(C)c1nccc(N2CCO[C@H](c3nncn3C)C2)n1. The average Bonchev–Trinajstić information content (AvgIpc) is 2.94. The highest BCUT2D eigenvalue weighted by Crippen LogP contribution is 2.24. The molecule has 21 heavy (non-hydrogen) atoms. The summed E-state index contributed by atoms with van der Waals surface area (Å²) in [6, 6.07) is 1.95. The van der Waals surface area contributed by atoms with Crippen LogP contribution in [0.1, 0.15) is 37.5 Å². The molecule has 7 heteroatoms. The lowest BCUT2D eigenvalue weighted by atomic mass is 10.2. The van der Waals surface area contributed by atoms with Crippen molar-refractivity contribution in [3.63, 3.8) is 0 Å². The molecule has 1 aliphatic rings. The minimum atomic E-state index is -0.0799. The maximum absolute atomic E-state index is 5.82. The zero-order valence-electron chi connectivity index (χ0n) is 12.6. The van der Waals surface area contributed by atoms with Gasteiger partial charge < -0.3 is 14.2 Å². The van der Waals surface area contributed by atoms with Crippen LogP contribution in [-0.2, 0) is 11.8 Å². The summed E-state index contributed by atoms with van der Waals surface area (Å²) in [4.78, 5) is 11.2. The van der Waals surface area contributed by atoms with Gasteiger partial charge in [-0.2, -0.15) is 0 Å². The van der Waals surface area contributed by atoms with Crippen LogP contribution in [0.3, 0.4) is 0 Å². The van der Waals surface area contributed by atoms with Crippen LogP contribution in [0.2, 0.25) is 0 Å². The molecule has 1 saturated heterocycles. The van der Waals surface area contributed by atoms with Crippen LogP contribution in [0.5, 0.6) is 0 Å². The molecule has 2 aromatic heterocycles. The smallest absolute Gasteiger partial charge is 0.163 e. The fraction of sp³-hybridized carbons (Fsp3) is 0.571. The van der Waals surface area contributed by atoms with Crippen molar-refractivity contribution in [2.24, 2.45) is 7.05 Å². The van der Waals surface area contributed by atoms with Crippen molar-refractivity contribution in [3.8, 4) is 0 Å². The van der Waals surface area contributed by atoms with Gasteiger partial charge in [-0.15, -0.1) is 10.2 Å². The topological polar surface area (TPSA) is 69.0 Å². The van der Waals surface area contributed by atoms with Crippen LogP contribution in [0.25, 0.3) is 0 Å². The van der Waals surface area contributed by atoms with Crippen molar-refractivity contribution >= 4 is 5.82 Å². The first-order chi connectivity index (χ1) is 10.1. The van der Waals surface area contributed by atoms with Gasteiger partial charge in [0.1, 0.15) is 24.1 Å². The van der Waals surface area contributed by atoms with Gasteiger partial charge in [-0.05, 0) is 6.07 Å². The van der Waals surface area contributed by atoms with Gasteiger partial charge in [0.15, 0.2) is 5.82 Å². The lowest BCUT2D eigenvalue weighted by Crippen LogP contribution is -2.39. The van der Waals surface area contributed by atoms with E-state index in [4.69, 9.17) is 4.74 Å². The van der Waals surface area contributed by atoms with E-state index in [0.717, 1.165) is 30.6 Å². The molecule has 1 fully saturated rings. The van der Waals surface area contributed by atoms with Crippen molar-refractivity contribution in [2.45, 2.75) is 25.9 Å². The second-order valence-electron chi connectivity index (χ2n) is 5.53. The first-order valence-electron chi connectivity index (χ1n) is 7.18. The van der Waals surface area contributed by atoms with Gasteiger partial charge in [-0.1, -0.05) is 13.8 Å². The van der Waals surface area contributed by atoms with Crippen molar-refractivity contribution in [2.75, 3.05) is 24.6 Å². The summed E-state index contributed by atoms with van der Waals surface area (Å²) in [5.41, 5.74) is 0. The van der Waals surface area contributed by atoms with E-state index in [2.05, 4.69) is 38.9 Å². The second-order valence-corrected chi connectivity index (χ2v) is 5.53. The third-order valence-corrected chi connectivity index (χ3v) is 3.60. The lowest BCUT2D eigenvalue weighted by molar-refractivity contribution is 0.0318. The predicted molar refractivity (Wildman–Crippen MR) is 78.0 cm³/mol. The number of morpholine rings is 1. The molecule has 7 nitrogen and oxygen atoms in total. The molecule has 0 saturated carbocycles. The van der Waals surface area contributed by atoms with Crippen LogP contribution in [0.15, 0.2) is 18.6 Å². The Morgan fingerprint density at radius 1 is 1.38 bits per heavy atom. The van der Waals surface area contributed by atoms with E-state index >= 15 is 0 Å². The first kappa shape index (κ1) is 13.9. The molecule has 0 aliphatic carbocycles. The van der Waals surface area contributed by atoms with Gasteiger partial charge in [-0.25, -0.2) is 9.97 Å². The molecule has 112 valence electrons. The quantitative estimate of drug-likeness (QED) is 0.848. The normalized spacial score (nSPS) is 19.2. The van der Waals surface area contributed by atoms with Gasteiger partial charge in [0, 0.05) is 25.7 Å². The third-order valence-electron chi connectivity index (χ3n) is 3.60. The number of nitrogens with zero attached hydrogens (tertiary/aromatic N) is 6. The van der Waals surface area contributed by atoms with Gasteiger partial charge in [0.2, 0.25) is 0 Å². The number of hydrogen-bond acceptors (Lipinski definition) is 6. The van der Waals surface area contributed by atoms with Crippen molar-refractivity contribution < 1.29 is 4.74 Å². The van der Waals surface area contributed by atoms with Crippen LogP contribution in [0.4, 0.5) is 5.82 Å². The average molecular weight is 288 g/mol. The number of ether oxygens (including phenoxy) is 1. The first-order valence-corrected chi connectivity index (χ1v) is 7.18. The zero-order chi connectivity index (χ0) is 14.8. The van der Waals surface area contributed by atoms with E-state index in [-0.39, 0.29) is 6.10 Å². The largest absolute Gasteiger partial charge is 0.366 e. The Labute approximate surface area is 124 Å². The summed E-state index contributed by atoms with van der Waals surface area (Å²) in [7, 11) is 1.93. The molecule has 2 aromatic rings. The fourth-order valence-corrected chi connectivity index (χ4v) is 2.42. The van der Waals surface area contributed by atoms with Gasteiger partial charge in [0.25, 0.3) is 0 Å². The summed E-state index contributed by atoms with van der Waals surface area (Å²) >= 11 is 0. The molecular formula is C14H20N6O. The molecule has 3 heterocycles. The molecule has 0 radical (unpaired) electrons. The molecule has 0 bridgehead atoms. The van der Waals surface area contributed by atoms with Crippen LogP contribution in [-0.4, -0.2) is 44.4 Å². The summed E-state index contributed by atoms with van der Waals surface area (Å²) < 4.78 is 7.72. The summed E-state index contributed by atoms with van der Waals surface area (Å²) in [5.74, 6) is 2.98. The predicted octanol–water partition coefficient (Wildman–Crippen LogP) is 1.31. The highest BCUT2D eigenvalue weighted by molar-refractivity contribution is 5.38. The minimum Gasteiger partial charge on any atom is -0.366 e. The Morgan fingerprint density at radius 2 is 2.24 bits per heavy atom. The Balaban J connectivity index is 1.80. The van der Waals surface area contributed by atoms with E-state index in [0.29, 0.717) is 12.5 Å². The van der Waals surface area contributed by atoms with E-state index in [1.54, 1.807) is 6.33 Å². The van der Waals surface area contributed by atoms with Gasteiger partial charge in [-0.3, -0.25) is 0 Å². The highest BCUT2D eigenvalue weighted by Gasteiger charge is 2.26. The van der Waals surface area contributed by atoms with E-state index in [9.17, 15) is 0 Å². The summed E-state index contributed by atoms with van der Waals surface area (Å²) in [6.07, 6.45) is 3.44. The fourth-order valence-electron chi connectivity index (χ4n) is 2.42. The monoisotopic (exact) mass is 288 g/mol. The molecule has 0 amide bonds. The number of aryl methyl sites for hydroxylation is 1. The molecule has 3 rings (SSSR count). The van der Waals surface area contributed by atoms with Crippen LogP contribution in [0, 0.1) is 0 Å². The van der Waals surface area contributed by atoms with Gasteiger partial charge in [0.05, 0.1) is 13.2 Å². The number of anilines is 1. The van der Waals surface area contributed by atoms with Crippen molar-refractivity contribution in [1.82, 2.24) is 24.7 Å². The number of aromatic nitrogens is 5. The molecule has 0 spiro atoms. The third kappa shape index (κ3) is 2.87. The number of hydrogen-bond donors (Lipinski definition) is 0. The Bertz CT molecular complexity index is 611. The Morgan fingerprint density at radius 3 is 2.95 bits per heavy atom. The molecule has 0 unspecified atom stereocenters. The highest BCUT2D eigenvalue weighted by atomic mass is 16.5. The number of rotatable bonds is 3. The van der Waals surface area contributed by atoms with Gasteiger partial charge >= 0.3 is 0 Å². The maximum atomic E-state index is 5.82. The molecule has 0 aromatic carbocycles. The lowest BCUT2D eigenvalue weighted by Gasteiger charge is -2.33. The van der Waals surface area contributed by atoms with Crippen molar-refractivity contribution in [3.05, 3.63) is 30.2 Å². The van der Waals surface area contributed by atoms with Crippen LogP contribution < -0.4 is 4.90 Å². The Hall–Kier alpha value is -2.02. The molecule has 1 aliphatic heterocycles. The molecular weight excluding hydrogens is 268 g/mol.